The first-order chi connectivity index (χ1) is 26.0. The summed E-state index contributed by atoms with van der Waals surface area (Å²) in [6.45, 7) is 4.86. The van der Waals surface area contributed by atoms with Crippen LogP contribution in [0.3, 0.4) is 0 Å². The van der Waals surface area contributed by atoms with E-state index < -0.39 is 5.41 Å². The van der Waals surface area contributed by atoms with Gasteiger partial charge in [0.05, 0.1) is 16.8 Å². The predicted molar refractivity (Wildman–Crippen MR) is 221 cm³/mol. The summed E-state index contributed by atoms with van der Waals surface area (Å²) in [7, 11) is 0. The highest BCUT2D eigenvalue weighted by Crippen LogP contribution is 2.63. The molecule has 0 atom stereocenters. The summed E-state index contributed by atoms with van der Waals surface area (Å²) in [5.41, 5.74) is 15.3. The molecule has 0 saturated heterocycles. The van der Waals surface area contributed by atoms with Crippen LogP contribution in [0.1, 0.15) is 47.2 Å². The molecule has 0 radical (unpaired) electrons. The highest BCUT2D eigenvalue weighted by Gasteiger charge is 2.53. The van der Waals surface area contributed by atoms with Gasteiger partial charge in [-0.2, -0.15) is 0 Å². The Morgan fingerprint density at radius 2 is 0.981 bits per heavy atom. The third kappa shape index (κ3) is 4.20. The maximum absolute atomic E-state index is 5.22. The number of fused-ring (bicyclic) bond motifs is 13. The lowest BCUT2D eigenvalue weighted by Gasteiger charge is -2.47. The average molecular weight is 695 g/mol. The minimum Gasteiger partial charge on any atom is -0.228 e. The lowest BCUT2D eigenvalue weighted by Crippen LogP contribution is -2.40. The fourth-order valence-electron chi connectivity index (χ4n) is 9.51. The third-order valence-corrected chi connectivity index (χ3v) is 12.9. The third-order valence-electron chi connectivity index (χ3n) is 11.7. The number of hydrogen-bond donors (Lipinski definition) is 0. The molecule has 2 aromatic heterocycles. The maximum Gasteiger partial charge on any atom is 0.160 e. The summed E-state index contributed by atoms with van der Waals surface area (Å²) in [6.07, 6.45) is 0. The standard InChI is InChI=1S/C50H34N2S/c1-49(2)39-23-13-14-24-40(39)50(37-21-11-9-19-34(37)35-20-10-12-22-38(35)50)41-26-28-45-46(47(41)49)36-29-33(25-27-44(36)53-45)43-30-42(31-15-5-3-6-16-31)51-48(52-43)32-17-7-4-8-18-32/h3-30H,1-2H3. The lowest BCUT2D eigenvalue weighted by atomic mass is 9.55. The van der Waals surface area contributed by atoms with Crippen molar-refractivity contribution in [1.29, 1.82) is 0 Å². The molecule has 0 N–H and O–H groups in total. The lowest BCUT2D eigenvalue weighted by molar-refractivity contribution is 0.569. The molecule has 2 heterocycles. The SMILES string of the molecule is CC1(C)c2ccccc2C2(c3ccccc3-c3ccccc32)c2ccc3sc4ccc(-c5cc(-c6ccccc6)nc(-c6ccccc6)n5)cc4c3c21. The molecule has 0 fully saturated rings. The zero-order valence-corrected chi connectivity index (χ0v) is 30.3. The van der Waals surface area contributed by atoms with E-state index in [0.29, 0.717) is 0 Å². The van der Waals surface area contributed by atoms with Crippen molar-refractivity contribution in [3.8, 4) is 45.0 Å². The highest BCUT2D eigenvalue weighted by atomic mass is 32.1. The summed E-state index contributed by atoms with van der Waals surface area (Å²) in [4.78, 5) is 10.3. The van der Waals surface area contributed by atoms with Gasteiger partial charge < -0.3 is 0 Å². The molecular weight excluding hydrogens is 661 g/mol. The van der Waals surface area contributed by atoms with Crippen LogP contribution in [0, 0.1) is 0 Å². The molecule has 0 unspecified atom stereocenters. The van der Waals surface area contributed by atoms with Crippen LogP contribution in [0.2, 0.25) is 0 Å². The Kier molecular flexibility index (Phi) is 6.42. The molecular formula is C50H34N2S. The van der Waals surface area contributed by atoms with Crippen molar-refractivity contribution in [1.82, 2.24) is 9.97 Å². The van der Waals surface area contributed by atoms with Gasteiger partial charge in [0.25, 0.3) is 0 Å². The van der Waals surface area contributed by atoms with Crippen LogP contribution in [0.5, 0.6) is 0 Å². The number of hydrogen-bond acceptors (Lipinski definition) is 3. The summed E-state index contributed by atoms with van der Waals surface area (Å²) >= 11 is 1.89. The van der Waals surface area contributed by atoms with E-state index in [2.05, 4.69) is 159 Å². The summed E-state index contributed by atoms with van der Waals surface area (Å²) in [5.74, 6) is 0.729. The monoisotopic (exact) mass is 694 g/mol. The second-order valence-electron chi connectivity index (χ2n) is 14.9. The number of thiophene rings is 1. The van der Waals surface area contributed by atoms with Gasteiger partial charge in [0.2, 0.25) is 0 Å². The molecule has 2 aliphatic rings. The number of rotatable bonds is 3. The van der Waals surface area contributed by atoms with Gasteiger partial charge in [0.15, 0.2) is 5.82 Å². The minimum absolute atomic E-state index is 0.247. The Balaban J connectivity index is 1.21. The molecule has 3 heteroatoms. The molecule has 250 valence electrons. The van der Waals surface area contributed by atoms with Crippen molar-refractivity contribution < 1.29 is 0 Å². The molecule has 53 heavy (non-hydrogen) atoms. The van der Waals surface area contributed by atoms with E-state index in [9.17, 15) is 0 Å². The van der Waals surface area contributed by atoms with Crippen molar-refractivity contribution in [2.75, 3.05) is 0 Å². The second kappa shape index (κ2) is 11.2. The van der Waals surface area contributed by atoms with E-state index in [1.54, 1.807) is 0 Å². The van der Waals surface area contributed by atoms with Gasteiger partial charge in [-0.3, -0.25) is 0 Å². The van der Waals surface area contributed by atoms with Gasteiger partial charge in [0.1, 0.15) is 0 Å². The largest absolute Gasteiger partial charge is 0.228 e. The first-order valence-corrected chi connectivity index (χ1v) is 19.1. The van der Waals surface area contributed by atoms with Crippen molar-refractivity contribution in [3.63, 3.8) is 0 Å². The molecule has 0 aliphatic heterocycles. The van der Waals surface area contributed by atoms with Crippen LogP contribution >= 0.6 is 11.3 Å². The fraction of sp³-hybridized carbons (Fsp3) is 0.0800. The van der Waals surface area contributed by atoms with Gasteiger partial charge in [-0.25, -0.2) is 9.97 Å². The molecule has 0 saturated carbocycles. The molecule has 1 spiro atoms. The molecule has 2 nitrogen and oxygen atoms in total. The van der Waals surface area contributed by atoms with E-state index in [1.165, 1.54) is 64.7 Å². The van der Waals surface area contributed by atoms with E-state index in [0.717, 1.165) is 33.9 Å². The molecule has 0 amide bonds. The fourth-order valence-corrected chi connectivity index (χ4v) is 10.6. The maximum atomic E-state index is 5.22. The Morgan fingerprint density at radius 1 is 0.434 bits per heavy atom. The zero-order valence-electron chi connectivity index (χ0n) is 29.5. The highest BCUT2D eigenvalue weighted by molar-refractivity contribution is 7.25. The molecule has 9 aromatic rings. The van der Waals surface area contributed by atoms with Gasteiger partial charge in [0, 0.05) is 42.3 Å². The summed E-state index contributed by atoms with van der Waals surface area (Å²) in [5, 5.41) is 2.63. The van der Waals surface area contributed by atoms with Gasteiger partial charge in [-0.1, -0.05) is 159 Å². The Morgan fingerprint density at radius 3 is 1.66 bits per heavy atom. The molecule has 2 aliphatic carbocycles. The van der Waals surface area contributed by atoms with Gasteiger partial charge in [-0.05, 0) is 68.8 Å². The Bertz CT molecular complexity index is 2820. The number of benzene rings is 7. The predicted octanol–water partition coefficient (Wildman–Crippen LogP) is 12.8. The quantitative estimate of drug-likeness (QED) is 0.184. The van der Waals surface area contributed by atoms with Crippen LogP contribution in [-0.2, 0) is 10.8 Å². The minimum atomic E-state index is -0.420. The van der Waals surface area contributed by atoms with E-state index >= 15 is 0 Å². The normalized spacial score (nSPS) is 14.5. The van der Waals surface area contributed by atoms with Crippen molar-refractivity contribution in [2.45, 2.75) is 24.7 Å². The van der Waals surface area contributed by atoms with Crippen molar-refractivity contribution in [2.24, 2.45) is 0 Å². The zero-order chi connectivity index (χ0) is 35.3. The second-order valence-corrected chi connectivity index (χ2v) is 16.0. The molecule has 7 aromatic carbocycles. The smallest absolute Gasteiger partial charge is 0.160 e. The molecule has 0 bridgehead atoms. The number of aromatic nitrogens is 2. The number of nitrogens with zero attached hydrogens (tertiary/aromatic N) is 2. The van der Waals surface area contributed by atoms with Crippen LogP contribution in [0.4, 0.5) is 0 Å². The van der Waals surface area contributed by atoms with Gasteiger partial charge >= 0.3 is 0 Å². The average Bonchev–Trinajstić information content (AvgIpc) is 3.74. The summed E-state index contributed by atoms with van der Waals surface area (Å²) in [6, 6.07) is 62.0. The van der Waals surface area contributed by atoms with Gasteiger partial charge in [-0.15, -0.1) is 11.3 Å². The first-order valence-electron chi connectivity index (χ1n) is 18.3. The van der Waals surface area contributed by atoms with E-state index in [-0.39, 0.29) is 5.41 Å². The van der Waals surface area contributed by atoms with Crippen LogP contribution in [0.25, 0.3) is 65.2 Å². The Labute approximate surface area is 313 Å². The van der Waals surface area contributed by atoms with Crippen LogP contribution in [0.15, 0.2) is 170 Å². The van der Waals surface area contributed by atoms with Crippen LogP contribution < -0.4 is 0 Å². The van der Waals surface area contributed by atoms with E-state index in [4.69, 9.17) is 9.97 Å². The van der Waals surface area contributed by atoms with E-state index in [1.807, 2.05) is 35.6 Å². The molecule has 11 rings (SSSR count). The topological polar surface area (TPSA) is 25.8 Å². The van der Waals surface area contributed by atoms with Crippen LogP contribution in [-0.4, -0.2) is 9.97 Å². The van der Waals surface area contributed by atoms with Crippen molar-refractivity contribution >= 4 is 31.5 Å². The Hall–Kier alpha value is -6.16. The first kappa shape index (κ1) is 30.5. The van der Waals surface area contributed by atoms with Crippen molar-refractivity contribution in [3.05, 3.63) is 203 Å². The summed E-state index contributed by atoms with van der Waals surface area (Å²) < 4.78 is 2.60.